The zero-order chi connectivity index (χ0) is 8.85. The Morgan fingerprint density at radius 2 is 2.17 bits per heavy atom. The van der Waals surface area contributed by atoms with Gasteiger partial charge in [-0.2, -0.15) is 12.6 Å². The number of rotatable bonds is 4. The van der Waals surface area contributed by atoms with Crippen LogP contribution in [-0.2, 0) is 9.59 Å². The SMILES string of the molecule is NCC(=O)N[C@@H](CS)C(=O)O.[H-].[Na+]. The number of hydrogen-bond acceptors (Lipinski definition) is 4. The number of carboxylic acids is 1. The quantitative estimate of drug-likeness (QED) is 0.273. The summed E-state index contributed by atoms with van der Waals surface area (Å²) >= 11 is 3.73. The van der Waals surface area contributed by atoms with Crippen LogP contribution in [0.1, 0.15) is 1.43 Å². The van der Waals surface area contributed by atoms with Crippen molar-refractivity contribution in [3.05, 3.63) is 0 Å². The Morgan fingerprint density at radius 3 is 2.42 bits per heavy atom. The first-order valence-electron chi connectivity index (χ1n) is 2.95. The fourth-order valence-corrected chi connectivity index (χ4v) is 0.686. The van der Waals surface area contributed by atoms with Crippen LogP contribution in [0.15, 0.2) is 0 Å². The number of carbonyl (C=O) groups is 2. The van der Waals surface area contributed by atoms with Gasteiger partial charge >= 0.3 is 35.5 Å². The van der Waals surface area contributed by atoms with Gasteiger partial charge in [0.05, 0.1) is 6.54 Å². The maximum Gasteiger partial charge on any atom is 1.00 e. The number of nitrogens with one attached hydrogen (secondary N) is 1. The molecular formula is C5H11N2NaO3S. The van der Waals surface area contributed by atoms with Crippen molar-refractivity contribution in [3.8, 4) is 0 Å². The van der Waals surface area contributed by atoms with E-state index in [2.05, 4.69) is 17.9 Å². The van der Waals surface area contributed by atoms with Crippen LogP contribution in [0.25, 0.3) is 0 Å². The van der Waals surface area contributed by atoms with E-state index in [0.29, 0.717) is 0 Å². The molecule has 12 heavy (non-hydrogen) atoms. The van der Waals surface area contributed by atoms with Gasteiger partial charge in [0, 0.05) is 5.75 Å². The van der Waals surface area contributed by atoms with Crippen LogP contribution < -0.4 is 40.6 Å². The number of thiol groups is 1. The van der Waals surface area contributed by atoms with E-state index in [9.17, 15) is 9.59 Å². The summed E-state index contributed by atoms with van der Waals surface area (Å²) in [6, 6.07) is -0.950. The summed E-state index contributed by atoms with van der Waals surface area (Å²) in [5.74, 6) is -1.55. The molecule has 1 atom stereocenters. The molecule has 0 unspecified atom stereocenters. The molecule has 0 aromatic carbocycles. The van der Waals surface area contributed by atoms with Crippen molar-refractivity contribution in [2.45, 2.75) is 6.04 Å². The second kappa shape index (κ2) is 7.88. The molecule has 4 N–H and O–H groups in total. The Balaban J connectivity index is -0.000000500. The summed E-state index contributed by atoms with van der Waals surface area (Å²) in [4.78, 5) is 20.8. The summed E-state index contributed by atoms with van der Waals surface area (Å²) in [7, 11) is 0. The molecule has 0 aliphatic carbocycles. The van der Waals surface area contributed by atoms with Gasteiger partial charge in [-0.15, -0.1) is 0 Å². The third kappa shape index (κ3) is 5.84. The number of carboxylic acid groups (broad SMARTS) is 1. The van der Waals surface area contributed by atoms with Crippen molar-refractivity contribution in [1.29, 1.82) is 0 Å². The zero-order valence-electron chi connectivity index (χ0n) is 7.78. The third-order valence-electron chi connectivity index (χ3n) is 1.00. The van der Waals surface area contributed by atoms with Gasteiger partial charge in [-0.25, -0.2) is 4.79 Å². The van der Waals surface area contributed by atoms with Crippen molar-refractivity contribution in [1.82, 2.24) is 5.32 Å². The van der Waals surface area contributed by atoms with E-state index >= 15 is 0 Å². The standard InChI is InChI=1S/C5H10N2O3S.Na.H/c6-1-4(8)7-3(2-11)5(9)10;;/h3,11H,1-2,6H2,(H,7,8)(H,9,10);;/q;+1;-1/t3-;;/m0../s1. The van der Waals surface area contributed by atoms with Crippen LogP contribution in [0.3, 0.4) is 0 Å². The first-order valence-corrected chi connectivity index (χ1v) is 3.58. The molecule has 0 aromatic heterocycles. The smallest absolute Gasteiger partial charge is 1.00 e. The number of aliphatic carboxylic acids is 1. The fourth-order valence-electron chi connectivity index (χ4n) is 0.439. The van der Waals surface area contributed by atoms with Crippen molar-refractivity contribution >= 4 is 24.5 Å². The van der Waals surface area contributed by atoms with E-state index in [1.54, 1.807) is 0 Å². The molecule has 0 bridgehead atoms. The predicted molar refractivity (Wildman–Crippen MR) is 43.6 cm³/mol. The summed E-state index contributed by atoms with van der Waals surface area (Å²) in [5.41, 5.74) is 4.95. The molecule has 0 heterocycles. The Kier molecular flexibility index (Phi) is 9.69. The molecular weight excluding hydrogens is 191 g/mol. The van der Waals surface area contributed by atoms with Gasteiger partial charge in [0.2, 0.25) is 5.91 Å². The minimum atomic E-state index is -1.11. The molecule has 1 amide bonds. The molecule has 5 nitrogen and oxygen atoms in total. The van der Waals surface area contributed by atoms with Gasteiger partial charge in [-0.1, -0.05) is 0 Å². The topological polar surface area (TPSA) is 92.4 Å². The van der Waals surface area contributed by atoms with Gasteiger partial charge in [-0.05, 0) is 0 Å². The molecule has 0 saturated carbocycles. The first kappa shape index (κ1) is 14.8. The minimum absolute atomic E-state index is 0. The second-order valence-electron chi connectivity index (χ2n) is 1.85. The summed E-state index contributed by atoms with van der Waals surface area (Å²) in [5, 5.41) is 10.6. The Labute approximate surface area is 99.3 Å². The number of nitrogens with two attached hydrogens (primary N) is 1. The summed E-state index contributed by atoms with van der Waals surface area (Å²) < 4.78 is 0. The zero-order valence-corrected chi connectivity index (χ0v) is 9.67. The van der Waals surface area contributed by atoms with Gasteiger partial charge in [0.15, 0.2) is 0 Å². The molecule has 7 heteroatoms. The monoisotopic (exact) mass is 202 g/mol. The molecule has 0 aliphatic heterocycles. The van der Waals surface area contributed by atoms with Crippen molar-refractivity contribution in [2.75, 3.05) is 12.3 Å². The predicted octanol–water partition coefficient (Wildman–Crippen LogP) is -4.44. The van der Waals surface area contributed by atoms with Crippen LogP contribution in [0.4, 0.5) is 0 Å². The molecule has 0 aliphatic rings. The number of carbonyl (C=O) groups excluding carboxylic acids is 1. The average molecular weight is 202 g/mol. The van der Waals surface area contributed by atoms with Crippen LogP contribution in [-0.4, -0.2) is 35.3 Å². The summed E-state index contributed by atoms with van der Waals surface area (Å²) in [6.45, 7) is -0.211. The van der Waals surface area contributed by atoms with Gasteiger partial charge < -0.3 is 17.6 Å². The molecule has 0 aromatic rings. The Hall–Kier alpha value is 0.250. The van der Waals surface area contributed by atoms with Crippen LogP contribution in [0, 0.1) is 0 Å². The van der Waals surface area contributed by atoms with Crippen molar-refractivity contribution in [3.63, 3.8) is 0 Å². The molecule has 0 saturated heterocycles. The van der Waals surface area contributed by atoms with E-state index in [0.717, 1.165) is 0 Å². The van der Waals surface area contributed by atoms with E-state index in [-0.39, 0.29) is 43.3 Å². The molecule has 0 fully saturated rings. The first-order chi connectivity index (χ1) is 5.11. The Bertz CT molecular complexity index is 172. The van der Waals surface area contributed by atoms with Gasteiger partial charge in [0.1, 0.15) is 6.04 Å². The van der Waals surface area contributed by atoms with E-state index in [4.69, 9.17) is 10.8 Å². The average Bonchev–Trinajstić information content (AvgIpc) is 1.99. The summed E-state index contributed by atoms with van der Waals surface area (Å²) in [6.07, 6.45) is 0. The van der Waals surface area contributed by atoms with Crippen LogP contribution >= 0.6 is 12.6 Å². The molecule has 0 rings (SSSR count). The van der Waals surface area contributed by atoms with E-state index in [1.165, 1.54) is 0 Å². The van der Waals surface area contributed by atoms with Gasteiger partial charge in [-0.3, -0.25) is 4.79 Å². The number of hydrogen-bond donors (Lipinski definition) is 4. The van der Waals surface area contributed by atoms with Crippen LogP contribution in [0.2, 0.25) is 0 Å². The second-order valence-corrected chi connectivity index (χ2v) is 2.21. The molecule has 0 radical (unpaired) electrons. The Morgan fingerprint density at radius 1 is 1.67 bits per heavy atom. The fraction of sp³-hybridized carbons (Fsp3) is 0.600. The number of amides is 1. The van der Waals surface area contributed by atoms with Crippen molar-refractivity contribution < 1.29 is 45.7 Å². The largest absolute Gasteiger partial charge is 1.00 e. The maximum absolute atomic E-state index is 10.6. The minimum Gasteiger partial charge on any atom is -1.00 e. The van der Waals surface area contributed by atoms with E-state index in [1.807, 2.05) is 0 Å². The van der Waals surface area contributed by atoms with Gasteiger partial charge in [0.25, 0.3) is 0 Å². The molecule has 66 valence electrons. The molecule has 0 spiro atoms. The van der Waals surface area contributed by atoms with E-state index < -0.39 is 17.9 Å². The van der Waals surface area contributed by atoms with Crippen LogP contribution in [0.5, 0.6) is 0 Å². The maximum atomic E-state index is 10.6. The third-order valence-corrected chi connectivity index (χ3v) is 1.37. The normalized spacial score (nSPS) is 11.2. The van der Waals surface area contributed by atoms with Crippen molar-refractivity contribution in [2.24, 2.45) is 5.73 Å².